The van der Waals surface area contributed by atoms with E-state index in [1.54, 1.807) is 23.9 Å². The lowest BCUT2D eigenvalue weighted by Crippen LogP contribution is -2.49. The van der Waals surface area contributed by atoms with Gasteiger partial charge in [-0.2, -0.15) is 5.10 Å². The number of nitrogens with zero attached hydrogens (tertiary/aromatic N) is 4. The van der Waals surface area contributed by atoms with Crippen LogP contribution in [0, 0.1) is 12.7 Å². The number of benzene rings is 1. The lowest BCUT2D eigenvalue weighted by molar-refractivity contribution is -0.117. The second-order valence-corrected chi connectivity index (χ2v) is 6.06. The maximum absolute atomic E-state index is 13.8. The van der Waals surface area contributed by atoms with Crippen LogP contribution in [0.2, 0.25) is 0 Å². The fraction of sp³-hybridized carbons (Fsp3) is 0.412. The molecule has 1 amide bonds. The van der Waals surface area contributed by atoms with E-state index >= 15 is 0 Å². The number of hydrogen-bond acceptors (Lipinski definition) is 4. The first-order valence-corrected chi connectivity index (χ1v) is 8.05. The summed E-state index contributed by atoms with van der Waals surface area (Å²) in [6.45, 7) is 5.09. The van der Waals surface area contributed by atoms with Gasteiger partial charge < -0.3 is 10.2 Å². The van der Waals surface area contributed by atoms with E-state index in [1.165, 1.54) is 6.07 Å². The predicted molar refractivity (Wildman–Crippen MR) is 91.6 cm³/mol. The Balaban J connectivity index is 1.51. The second-order valence-electron chi connectivity index (χ2n) is 6.06. The van der Waals surface area contributed by atoms with E-state index in [0.717, 1.165) is 18.8 Å². The number of carbonyl (C=O) groups excluding carboxylic acids is 1. The van der Waals surface area contributed by atoms with E-state index in [9.17, 15) is 9.18 Å². The molecule has 0 atom stereocenters. The molecule has 6 nitrogen and oxygen atoms in total. The Labute approximate surface area is 140 Å². The third-order valence-electron chi connectivity index (χ3n) is 4.20. The molecule has 1 fully saturated rings. The number of aryl methyl sites for hydroxylation is 2. The van der Waals surface area contributed by atoms with Gasteiger partial charge in [-0.15, -0.1) is 0 Å². The topological polar surface area (TPSA) is 53.4 Å². The first kappa shape index (κ1) is 16.4. The van der Waals surface area contributed by atoms with Crippen molar-refractivity contribution in [3.63, 3.8) is 0 Å². The zero-order valence-electron chi connectivity index (χ0n) is 14.0. The van der Waals surface area contributed by atoms with E-state index in [2.05, 4.69) is 15.3 Å². The fourth-order valence-corrected chi connectivity index (χ4v) is 2.97. The van der Waals surface area contributed by atoms with Gasteiger partial charge in [0.15, 0.2) is 0 Å². The summed E-state index contributed by atoms with van der Waals surface area (Å²) in [6, 6.07) is 8.65. The summed E-state index contributed by atoms with van der Waals surface area (Å²) in [4.78, 5) is 16.3. The highest BCUT2D eigenvalue weighted by Gasteiger charge is 2.21. The van der Waals surface area contributed by atoms with Crippen molar-refractivity contribution in [1.29, 1.82) is 0 Å². The van der Waals surface area contributed by atoms with Gasteiger partial charge in [-0.3, -0.25) is 14.4 Å². The average Bonchev–Trinajstić information content (AvgIpc) is 2.86. The fourth-order valence-electron chi connectivity index (χ4n) is 2.97. The van der Waals surface area contributed by atoms with Crippen molar-refractivity contribution in [1.82, 2.24) is 14.7 Å². The van der Waals surface area contributed by atoms with Crippen molar-refractivity contribution in [2.45, 2.75) is 6.92 Å². The number of anilines is 2. The molecule has 3 rings (SSSR count). The van der Waals surface area contributed by atoms with Crippen LogP contribution < -0.4 is 10.2 Å². The molecule has 2 heterocycles. The minimum Gasteiger partial charge on any atom is -0.367 e. The van der Waals surface area contributed by atoms with Crippen molar-refractivity contribution in [2.75, 3.05) is 42.9 Å². The number of aromatic nitrogens is 2. The summed E-state index contributed by atoms with van der Waals surface area (Å²) in [7, 11) is 1.80. The molecule has 2 aromatic rings. The highest BCUT2D eigenvalue weighted by atomic mass is 19.1. The van der Waals surface area contributed by atoms with Crippen LogP contribution in [0.3, 0.4) is 0 Å². The van der Waals surface area contributed by atoms with Crippen LogP contribution in [0.4, 0.5) is 15.9 Å². The molecule has 1 saturated heterocycles. The first-order valence-electron chi connectivity index (χ1n) is 8.05. The molecule has 24 heavy (non-hydrogen) atoms. The number of para-hydroxylation sites is 1. The molecule has 1 N–H and O–H groups in total. The van der Waals surface area contributed by atoms with Gasteiger partial charge in [0.25, 0.3) is 0 Å². The van der Waals surface area contributed by atoms with E-state index < -0.39 is 0 Å². The van der Waals surface area contributed by atoms with Crippen molar-refractivity contribution >= 4 is 17.4 Å². The van der Waals surface area contributed by atoms with Gasteiger partial charge in [-0.25, -0.2) is 4.39 Å². The zero-order valence-corrected chi connectivity index (χ0v) is 14.0. The lowest BCUT2D eigenvalue weighted by Gasteiger charge is -2.35. The number of nitrogens with one attached hydrogen (secondary N) is 1. The van der Waals surface area contributed by atoms with Gasteiger partial charge in [0, 0.05) is 39.3 Å². The van der Waals surface area contributed by atoms with Crippen molar-refractivity contribution in [3.05, 3.63) is 41.8 Å². The van der Waals surface area contributed by atoms with Gasteiger partial charge in [0.05, 0.1) is 17.9 Å². The zero-order chi connectivity index (χ0) is 17.1. The lowest BCUT2D eigenvalue weighted by atomic mass is 10.2. The quantitative estimate of drug-likeness (QED) is 0.925. The van der Waals surface area contributed by atoms with E-state index in [-0.39, 0.29) is 11.7 Å². The number of piperazine rings is 1. The maximum Gasteiger partial charge on any atom is 0.239 e. The van der Waals surface area contributed by atoms with Crippen LogP contribution in [0.25, 0.3) is 0 Å². The maximum atomic E-state index is 13.8. The molecule has 1 aliphatic rings. The van der Waals surface area contributed by atoms with Crippen LogP contribution in [0.1, 0.15) is 5.69 Å². The van der Waals surface area contributed by atoms with Crippen molar-refractivity contribution < 1.29 is 9.18 Å². The molecule has 1 aromatic carbocycles. The molecule has 0 aliphatic carbocycles. The van der Waals surface area contributed by atoms with Gasteiger partial charge in [0.2, 0.25) is 5.91 Å². The van der Waals surface area contributed by atoms with E-state index in [4.69, 9.17) is 0 Å². The summed E-state index contributed by atoms with van der Waals surface area (Å²) in [5.74, 6) is 0.440. The van der Waals surface area contributed by atoms with E-state index in [1.807, 2.05) is 24.0 Å². The number of hydrogen-bond donors (Lipinski definition) is 1. The standard InChI is InChI=1S/C17H22FN5O/c1-13-11-16(21(2)20-13)19-17(24)12-22-7-9-23(10-8-22)15-6-4-3-5-14(15)18/h3-6,11H,7-10,12H2,1-2H3,(H,19,24). The number of halogens is 1. The second kappa shape index (κ2) is 7.00. The summed E-state index contributed by atoms with van der Waals surface area (Å²) in [5, 5.41) is 7.09. The van der Waals surface area contributed by atoms with E-state index in [0.29, 0.717) is 31.1 Å². The highest BCUT2D eigenvalue weighted by Crippen LogP contribution is 2.20. The summed E-state index contributed by atoms with van der Waals surface area (Å²) in [5.41, 5.74) is 1.50. The van der Waals surface area contributed by atoms with Gasteiger partial charge in [-0.1, -0.05) is 12.1 Å². The summed E-state index contributed by atoms with van der Waals surface area (Å²) >= 11 is 0. The molecule has 0 radical (unpaired) electrons. The molecule has 0 bridgehead atoms. The number of carbonyl (C=O) groups is 1. The summed E-state index contributed by atoms with van der Waals surface area (Å²) in [6.07, 6.45) is 0. The van der Waals surface area contributed by atoms with Gasteiger partial charge in [-0.05, 0) is 19.1 Å². The molecule has 1 aliphatic heterocycles. The minimum atomic E-state index is -0.199. The SMILES string of the molecule is Cc1cc(NC(=O)CN2CCN(c3ccccc3F)CC2)n(C)n1. The third kappa shape index (κ3) is 3.73. The smallest absolute Gasteiger partial charge is 0.239 e. The average molecular weight is 331 g/mol. The predicted octanol–water partition coefficient (Wildman–Crippen LogP) is 1.63. The molecule has 1 aromatic heterocycles. The molecule has 0 spiro atoms. The molecule has 0 saturated carbocycles. The minimum absolute atomic E-state index is 0.0580. The Morgan fingerprint density at radius 1 is 1.25 bits per heavy atom. The largest absolute Gasteiger partial charge is 0.367 e. The van der Waals surface area contributed by atoms with Crippen LogP contribution in [0.5, 0.6) is 0 Å². The van der Waals surface area contributed by atoms with Crippen LogP contribution in [-0.2, 0) is 11.8 Å². The molecule has 7 heteroatoms. The Morgan fingerprint density at radius 2 is 1.96 bits per heavy atom. The Bertz CT molecular complexity index is 722. The Kier molecular flexibility index (Phi) is 4.80. The van der Waals surface area contributed by atoms with Crippen LogP contribution >= 0.6 is 0 Å². The Hall–Kier alpha value is -2.41. The normalized spacial score (nSPS) is 15.5. The van der Waals surface area contributed by atoms with Crippen LogP contribution in [0.15, 0.2) is 30.3 Å². The molecular weight excluding hydrogens is 309 g/mol. The summed E-state index contributed by atoms with van der Waals surface area (Å²) < 4.78 is 15.5. The number of amides is 1. The van der Waals surface area contributed by atoms with Gasteiger partial charge >= 0.3 is 0 Å². The Morgan fingerprint density at radius 3 is 2.58 bits per heavy atom. The van der Waals surface area contributed by atoms with Crippen molar-refractivity contribution in [2.24, 2.45) is 7.05 Å². The first-order chi connectivity index (χ1) is 11.5. The van der Waals surface area contributed by atoms with Crippen LogP contribution in [-0.4, -0.2) is 53.3 Å². The van der Waals surface area contributed by atoms with Crippen molar-refractivity contribution in [3.8, 4) is 0 Å². The monoisotopic (exact) mass is 331 g/mol. The molecule has 128 valence electrons. The highest BCUT2D eigenvalue weighted by molar-refractivity contribution is 5.91. The third-order valence-corrected chi connectivity index (χ3v) is 4.20. The number of rotatable bonds is 4. The molecule has 0 unspecified atom stereocenters. The molecular formula is C17H22FN5O. The van der Waals surface area contributed by atoms with Gasteiger partial charge in [0.1, 0.15) is 11.6 Å².